The third-order valence-corrected chi connectivity index (χ3v) is 4.94. The van der Waals surface area contributed by atoms with Crippen molar-refractivity contribution in [1.29, 1.82) is 0 Å². The summed E-state index contributed by atoms with van der Waals surface area (Å²) in [4.78, 5) is 27.5. The smallest absolute Gasteiger partial charge is 0.328 e. The number of hydrogen-bond donors (Lipinski definition) is 1. The second kappa shape index (κ2) is 8.69. The third-order valence-electron chi connectivity index (χ3n) is 4.94. The third kappa shape index (κ3) is 3.87. The number of nitrogens with one attached hydrogen (secondary N) is 1. The van der Waals surface area contributed by atoms with E-state index in [0.29, 0.717) is 25.5 Å². The molecule has 0 fully saturated rings. The zero-order valence-corrected chi connectivity index (χ0v) is 17.9. The summed E-state index contributed by atoms with van der Waals surface area (Å²) in [5.41, 5.74) is 3.06. The van der Waals surface area contributed by atoms with Gasteiger partial charge < -0.3 is 19.5 Å². The molecule has 1 N–H and O–H groups in total. The number of nitrogens with zero attached hydrogens (tertiary/aromatic N) is 3. The Bertz CT molecular complexity index is 1030. The molecule has 0 aliphatic carbocycles. The fourth-order valence-corrected chi connectivity index (χ4v) is 3.69. The van der Waals surface area contributed by atoms with Gasteiger partial charge in [0.2, 0.25) is 0 Å². The van der Waals surface area contributed by atoms with Crippen molar-refractivity contribution >= 4 is 33.9 Å². The molecule has 0 aliphatic rings. The van der Waals surface area contributed by atoms with Crippen LogP contribution in [0.2, 0.25) is 0 Å². The molecule has 7 nitrogen and oxygen atoms in total. The van der Waals surface area contributed by atoms with Crippen molar-refractivity contribution < 1.29 is 14.3 Å². The lowest BCUT2D eigenvalue weighted by molar-refractivity contribution is 0.0935. The summed E-state index contributed by atoms with van der Waals surface area (Å²) in [5.74, 6) is -0.257. The van der Waals surface area contributed by atoms with Gasteiger partial charge in [0.1, 0.15) is 5.69 Å². The Kier molecular flexibility index (Phi) is 6.27. The number of para-hydroxylation sites is 1. The molecule has 2 aromatic heterocycles. The molecule has 3 aromatic rings. The lowest BCUT2D eigenvalue weighted by atomic mass is 10.2. The fraction of sp³-hybridized carbons (Fsp3) is 0.455. The lowest BCUT2D eigenvalue weighted by Gasteiger charge is -2.15. The maximum Gasteiger partial charge on any atom is 0.328 e. The van der Waals surface area contributed by atoms with E-state index >= 15 is 0 Å². The average molecular weight is 399 g/mol. The molecule has 156 valence electrons. The Morgan fingerprint density at radius 2 is 1.90 bits per heavy atom. The van der Waals surface area contributed by atoms with E-state index in [-0.39, 0.29) is 18.0 Å². The van der Waals surface area contributed by atoms with Gasteiger partial charge in [0.25, 0.3) is 5.91 Å². The van der Waals surface area contributed by atoms with Gasteiger partial charge in [-0.25, -0.2) is 4.79 Å². The van der Waals surface area contributed by atoms with Gasteiger partial charge in [0, 0.05) is 45.3 Å². The minimum absolute atomic E-state index is 0.185. The van der Waals surface area contributed by atoms with E-state index in [4.69, 9.17) is 4.74 Å². The van der Waals surface area contributed by atoms with Crippen LogP contribution < -0.4 is 5.32 Å². The quantitative estimate of drug-likeness (QED) is 0.615. The molecule has 0 saturated heterocycles. The zero-order chi connectivity index (χ0) is 21.1. The van der Waals surface area contributed by atoms with Crippen LogP contribution in [0.15, 0.2) is 30.3 Å². The molecule has 0 unspecified atom stereocenters. The summed E-state index contributed by atoms with van der Waals surface area (Å²) in [5, 5.41) is 3.88. The van der Waals surface area contributed by atoms with Crippen LogP contribution in [-0.2, 0) is 4.74 Å². The number of rotatable bonds is 7. The Morgan fingerprint density at radius 1 is 1.17 bits per heavy atom. The fourth-order valence-electron chi connectivity index (χ4n) is 3.69. The Morgan fingerprint density at radius 3 is 2.55 bits per heavy atom. The molecule has 0 radical (unpaired) electrons. The molecule has 29 heavy (non-hydrogen) atoms. The van der Waals surface area contributed by atoms with Crippen molar-refractivity contribution in [3.8, 4) is 0 Å². The monoisotopic (exact) mass is 398 g/mol. The van der Waals surface area contributed by atoms with Crippen molar-refractivity contribution in [2.24, 2.45) is 0 Å². The zero-order valence-electron chi connectivity index (χ0n) is 17.9. The Labute approximate surface area is 171 Å². The van der Waals surface area contributed by atoms with Crippen molar-refractivity contribution in [2.45, 2.75) is 33.2 Å². The molecule has 2 amide bonds. The summed E-state index contributed by atoms with van der Waals surface area (Å²) in [6, 6.07) is 9.76. The number of aromatic nitrogens is 2. The molecule has 7 heteroatoms. The van der Waals surface area contributed by atoms with Crippen molar-refractivity contribution in [3.63, 3.8) is 0 Å². The summed E-state index contributed by atoms with van der Waals surface area (Å²) in [6.07, 6.45) is 0.725. The number of ether oxygens (including phenoxy) is 1. The molecule has 0 atom stereocenters. The topological polar surface area (TPSA) is 68.5 Å². The van der Waals surface area contributed by atoms with Gasteiger partial charge in [-0.15, -0.1) is 0 Å². The Hall–Kier alpha value is -2.80. The van der Waals surface area contributed by atoms with Crippen LogP contribution in [0.25, 0.3) is 21.9 Å². The molecule has 0 spiro atoms. The summed E-state index contributed by atoms with van der Waals surface area (Å²) >= 11 is 0. The first-order valence-corrected chi connectivity index (χ1v) is 10.1. The molecule has 2 heterocycles. The molecule has 3 rings (SSSR count). The molecule has 0 saturated carbocycles. The highest BCUT2D eigenvalue weighted by atomic mass is 16.5. The molecule has 1 aromatic carbocycles. The largest absolute Gasteiger partial charge is 0.382 e. The average Bonchev–Trinajstić information content (AvgIpc) is 3.21. The minimum atomic E-state index is -0.257. The van der Waals surface area contributed by atoms with Crippen LogP contribution in [-0.4, -0.2) is 59.8 Å². The van der Waals surface area contributed by atoms with Gasteiger partial charge in [-0.3, -0.25) is 9.36 Å². The van der Waals surface area contributed by atoms with E-state index in [9.17, 15) is 9.59 Å². The van der Waals surface area contributed by atoms with Crippen molar-refractivity contribution in [2.75, 3.05) is 33.9 Å². The van der Waals surface area contributed by atoms with E-state index in [1.807, 2.05) is 37.3 Å². The number of hydrogen-bond acceptors (Lipinski definition) is 3. The molecule has 0 bridgehead atoms. The van der Waals surface area contributed by atoms with Gasteiger partial charge in [-0.2, -0.15) is 0 Å². The highest BCUT2D eigenvalue weighted by Gasteiger charge is 2.26. The number of fused-ring (bicyclic) bond motifs is 3. The first kappa shape index (κ1) is 20.9. The van der Waals surface area contributed by atoms with Crippen LogP contribution in [0.5, 0.6) is 0 Å². The highest BCUT2D eigenvalue weighted by molar-refractivity contribution is 6.14. The van der Waals surface area contributed by atoms with Gasteiger partial charge in [0.15, 0.2) is 0 Å². The maximum absolute atomic E-state index is 13.1. The highest BCUT2D eigenvalue weighted by Crippen LogP contribution is 2.34. The van der Waals surface area contributed by atoms with Crippen LogP contribution >= 0.6 is 0 Å². The van der Waals surface area contributed by atoms with E-state index in [2.05, 4.69) is 23.7 Å². The predicted octanol–water partition coefficient (Wildman–Crippen LogP) is 3.86. The number of amides is 2. The van der Waals surface area contributed by atoms with Gasteiger partial charge in [0.05, 0.1) is 16.6 Å². The van der Waals surface area contributed by atoms with Crippen molar-refractivity contribution in [1.82, 2.24) is 19.4 Å². The van der Waals surface area contributed by atoms with E-state index in [1.54, 1.807) is 14.1 Å². The van der Waals surface area contributed by atoms with Crippen LogP contribution in [0.4, 0.5) is 4.79 Å². The number of carbonyl (C=O) groups excluding carboxylic acids is 2. The van der Waals surface area contributed by atoms with Crippen LogP contribution in [0.3, 0.4) is 0 Å². The summed E-state index contributed by atoms with van der Waals surface area (Å²) in [7, 11) is 3.39. The first-order chi connectivity index (χ1) is 13.9. The van der Waals surface area contributed by atoms with Gasteiger partial charge in [-0.05, 0) is 39.3 Å². The second-order valence-electron chi connectivity index (χ2n) is 7.56. The second-order valence-corrected chi connectivity index (χ2v) is 7.56. The summed E-state index contributed by atoms with van der Waals surface area (Å²) < 4.78 is 9.03. The first-order valence-electron chi connectivity index (χ1n) is 10.1. The molecule has 0 aliphatic heterocycles. The number of benzene rings is 1. The van der Waals surface area contributed by atoms with E-state index in [1.165, 1.54) is 9.47 Å². The summed E-state index contributed by atoms with van der Waals surface area (Å²) in [6.45, 7) is 7.90. The normalized spacial score (nSPS) is 11.5. The van der Waals surface area contributed by atoms with Crippen LogP contribution in [0.1, 0.15) is 43.7 Å². The lowest BCUT2D eigenvalue weighted by Crippen LogP contribution is -2.33. The van der Waals surface area contributed by atoms with Crippen LogP contribution in [0, 0.1) is 0 Å². The van der Waals surface area contributed by atoms with E-state index < -0.39 is 0 Å². The predicted molar refractivity (Wildman–Crippen MR) is 116 cm³/mol. The minimum Gasteiger partial charge on any atom is -0.382 e. The molecular formula is C22H30N4O3. The molecular weight excluding hydrogens is 368 g/mol. The standard InChI is InChI=1S/C22H30N4O3/c1-6-29-13-9-12-23-21(27)19-14-18-20(26(19)22(28)24(4)5)16-10-7-8-11-17(16)25(18)15(2)3/h7-8,10-11,14-15H,6,9,12-13H2,1-5H3,(H,23,27). The number of carbonyl (C=O) groups is 2. The van der Waals surface area contributed by atoms with E-state index in [0.717, 1.165) is 28.4 Å². The maximum atomic E-state index is 13.1. The SMILES string of the molecule is CCOCCCNC(=O)c1cc2c(c3ccccc3n2C(C)C)n1C(=O)N(C)C. The van der Waals surface area contributed by atoms with Gasteiger partial charge >= 0.3 is 6.03 Å². The van der Waals surface area contributed by atoms with Gasteiger partial charge in [-0.1, -0.05) is 18.2 Å². The van der Waals surface area contributed by atoms with Crippen molar-refractivity contribution in [3.05, 3.63) is 36.0 Å². The Balaban J connectivity index is 2.12.